The van der Waals surface area contributed by atoms with Gasteiger partial charge in [0.2, 0.25) is 5.91 Å². The van der Waals surface area contributed by atoms with E-state index in [1.165, 1.54) is 14.0 Å². The molecule has 0 heterocycles. The molecule has 4 unspecified atom stereocenters. The van der Waals surface area contributed by atoms with Gasteiger partial charge >= 0.3 is 0 Å². The molecule has 0 aromatic heterocycles. The van der Waals surface area contributed by atoms with Crippen LogP contribution in [0.1, 0.15) is 33.6 Å². The SMILES string of the molecule is COC(CCO)/C(O)=C(\N)C(O)OC(CCO)/C(O)=C(/NC(C)=O)C(O)C(C)C. The zero-order valence-corrected chi connectivity index (χ0v) is 17.2. The Bertz CT molecular complexity index is 578. The number of carbonyl (C=O) groups is 1. The molecule has 0 bridgehead atoms. The van der Waals surface area contributed by atoms with Crippen LogP contribution in [0.2, 0.25) is 0 Å². The zero-order valence-electron chi connectivity index (χ0n) is 17.2. The van der Waals surface area contributed by atoms with E-state index in [1.54, 1.807) is 13.8 Å². The molecule has 0 spiro atoms. The summed E-state index contributed by atoms with van der Waals surface area (Å²) in [5.74, 6) is -2.11. The lowest BCUT2D eigenvalue weighted by molar-refractivity contribution is -0.121. The van der Waals surface area contributed by atoms with E-state index in [2.05, 4.69) is 5.32 Å². The smallest absolute Gasteiger partial charge is 0.221 e. The van der Waals surface area contributed by atoms with Crippen LogP contribution in [0, 0.1) is 5.92 Å². The highest BCUT2D eigenvalue weighted by molar-refractivity contribution is 5.75. The first-order valence-electron chi connectivity index (χ1n) is 9.16. The molecule has 0 rings (SSSR count). The van der Waals surface area contributed by atoms with Crippen molar-refractivity contribution in [3.05, 3.63) is 22.9 Å². The number of aliphatic hydroxyl groups excluding tert-OH is 6. The van der Waals surface area contributed by atoms with Crippen molar-refractivity contribution in [2.24, 2.45) is 11.7 Å². The normalized spacial score (nSPS) is 17.8. The molecule has 0 fully saturated rings. The van der Waals surface area contributed by atoms with E-state index >= 15 is 0 Å². The number of rotatable bonds is 13. The van der Waals surface area contributed by atoms with E-state index in [0.29, 0.717) is 0 Å². The number of nitrogens with two attached hydrogens (primary N) is 1. The lowest BCUT2D eigenvalue weighted by Gasteiger charge is -2.26. The molecule has 0 aromatic carbocycles. The first-order chi connectivity index (χ1) is 13.5. The highest BCUT2D eigenvalue weighted by Crippen LogP contribution is 2.21. The summed E-state index contributed by atoms with van der Waals surface area (Å²) in [6.07, 6.45) is -5.74. The van der Waals surface area contributed by atoms with Crippen molar-refractivity contribution >= 4 is 5.91 Å². The Morgan fingerprint density at radius 2 is 1.55 bits per heavy atom. The van der Waals surface area contributed by atoms with Crippen LogP contribution in [0.15, 0.2) is 22.9 Å². The molecular weight excluding hydrogens is 388 g/mol. The second-order valence-electron chi connectivity index (χ2n) is 6.74. The van der Waals surface area contributed by atoms with Gasteiger partial charge in [0.25, 0.3) is 0 Å². The summed E-state index contributed by atoms with van der Waals surface area (Å²) in [6.45, 7) is 3.72. The Morgan fingerprint density at radius 3 is 1.97 bits per heavy atom. The van der Waals surface area contributed by atoms with Gasteiger partial charge in [-0.25, -0.2) is 0 Å². The number of aliphatic hydroxyl groups is 6. The van der Waals surface area contributed by atoms with E-state index in [9.17, 15) is 30.3 Å². The minimum absolute atomic E-state index is 0.00817. The minimum Gasteiger partial charge on any atom is -0.508 e. The monoisotopic (exact) mass is 422 g/mol. The molecule has 0 radical (unpaired) electrons. The molecule has 0 aliphatic rings. The summed E-state index contributed by atoms with van der Waals surface area (Å²) in [7, 11) is 1.27. The molecule has 170 valence electrons. The van der Waals surface area contributed by atoms with Crippen molar-refractivity contribution in [2.45, 2.75) is 58.2 Å². The molecule has 0 aromatic rings. The summed E-state index contributed by atoms with van der Waals surface area (Å²) in [5.41, 5.74) is 4.93. The van der Waals surface area contributed by atoms with Gasteiger partial charge in [-0.1, -0.05) is 13.8 Å². The Kier molecular flexibility index (Phi) is 12.5. The van der Waals surface area contributed by atoms with Crippen LogP contribution >= 0.6 is 0 Å². The van der Waals surface area contributed by atoms with Crippen LogP contribution in [0.4, 0.5) is 0 Å². The van der Waals surface area contributed by atoms with Gasteiger partial charge in [0.1, 0.15) is 29.4 Å². The second-order valence-corrected chi connectivity index (χ2v) is 6.74. The molecule has 9 N–H and O–H groups in total. The first-order valence-corrected chi connectivity index (χ1v) is 9.16. The number of hydrogen-bond acceptors (Lipinski definition) is 10. The number of nitrogens with one attached hydrogen (secondary N) is 1. The average Bonchev–Trinajstić information content (AvgIpc) is 2.67. The van der Waals surface area contributed by atoms with Gasteiger partial charge in [0.15, 0.2) is 6.29 Å². The number of ether oxygens (including phenoxy) is 2. The van der Waals surface area contributed by atoms with Crippen molar-refractivity contribution in [1.29, 1.82) is 0 Å². The average molecular weight is 422 g/mol. The molecule has 0 saturated heterocycles. The fraction of sp³-hybridized carbons (Fsp3) is 0.722. The predicted molar refractivity (Wildman–Crippen MR) is 103 cm³/mol. The third kappa shape index (κ3) is 8.56. The lowest BCUT2D eigenvalue weighted by atomic mass is 10.0. The summed E-state index contributed by atoms with van der Waals surface area (Å²) in [6, 6.07) is 0. The third-order valence-corrected chi connectivity index (χ3v) is 4.05. The minimum atomic E-state index is -1.92. The van der Waals surface area contributed by atoms with E-state index in [0.717, 1.165) is 0 Å². The number of hydrogen-bond donors (Lipinski definition) is 8. The van der Waals surface area contributed by atoms with Crippen LogP contribution in [-0.2, 0) is 14.3 Å². The Morgan fingerprint density at radius 1 is 1.03 bits per heavy atom. The standard InChI is InChI=1S/C18H34N2O9/c1-9(2)15(24)14(20-10(3)23)17(26)12(6-8-22)29-18(27)13(19)16(25)11(28-4)5-7-21/h9,11-12,15,18,21-22,24-27H,5-8,19H2,1-4H3,(H,20,23)/b16-13+,17-14-. The van der Waals surface area contributed by atoms with Gasteiger partial charge in [-0.15, -0.1) is 0 Å². The van der Waals surface area contributed by atoms with E-state index in [-0.39, 0.29) is 31.1 Å². The maximum absolute atomic E-state index is 11.5. The van der Waals surface area contributed by atoms with Gasteiger partial charge in [0.05, 0.1) is 11.8 Å². The maximum Gasteiger partial charge on any atom is 0.221 e. The largest absolute Gasteiger partial charge is 0.508 e. The van der Waals surface area contributed by atoms with Gasteiger partial charge in [-0.05, 0) is 5.92 Å². The predicted octanol–water partition coefficient (Wildman–Crippen LogP) is -0.879. The van der Waals surface area contributed by atoms with E-state index in [1.807, 2.05) is 0 Å². The fourth-order valence-electron chi connectivity index (χ4n) is 2.40. The highest BCUT2D eigenvalue weighted by Gasteiger charge is 2.29. The molecule has 29 heavy (non-hydrogen) atoms. The molecule has 1 amide bonds. The Labute approximate surface area is 170 Å². The van der Waals surface area contributed by atoms with Crippen LogP contribution in [0.3, 0.4) is 0 Å². The topological polar surface area (TPSA) is 195 Å². The van der Waals surface area contributed by atoms with Crippen LogP contribution in [0.25, 0.3) is 0 Å². The maximum atomic E-state index is 11.5. The third-order valence-electron chi connectivity index (χ3n) is 4.05. The number of amides is 1. The van der Waals surface area contributed by atoms with Crippen LogP contribution in [-0.4, -0.2) is 81.5 Å². The van der Waals surface area contributed by atoms with Crippen molar-refractivity contribution in [1.82, 2.24) is 5.32 Å². The van der Waals surface area contributed by atoms with E-state index < -0.39 is 54.3 Å². The summed E-state index contributed by atoms with van der Waals surface area (Å²) < 4.78 is 10.2. The quantitative estimate of drug-likeness (QED) is 0.136. The van der Waals surface area contributed by atoms with Crippen molar-refractivity contribution in [2.75, 3.05) is 20.3 Å². The second kappa shape index (κ2) is 13.4. The summed E-state index contributed by atoms with van der Waals surface area (Å²) in [5, 5.41) is 61.7. The molecular formula is C18H34N2O9. The van der Waals surface area contributed by atoms with Crippen LogP contribution in [0.5, 0.6) is 0 Å². The number of methoxy groups -OCH3 is 1. The van der Waals surface area contributed by atoms with Gasteiger partial charge in [-0.3, -0.25) is 4.79 Å². The first kappa shape index (κ1) is 27.1. The van der Waals surface area contributed by atoms with Gasteiger partial charge < -0.3 is 51.2 Å². The number of carbonyl (C=O) groups excluding carboxylic acids is 1. The van der Waals surface area contributed by atoms with Crippen molar-refractivity contribution in [3.63, 3.8) is 0 Å². The molecule has 11 nitrogen and oxygen atoms in total. The molecule has 0 aliphatic heterocycles. The molecule has 0 aliphatic carbocycles. The van der Waals surface area contributed by atoms with E-state index in [4.69, 9.17) is 20.3 Å². The Balaban J connectivity index is 5.85. The van der Waals surface area contributed by atoms with Crippen LogP contribution < -0.4 is 11.1 Å². The molecule has 4 atom stereocenters. The highest BCUT2D eigenvalue weighted by atomic mass is 16.6. The lowest BCUT2D eigenvalue weighted by Crippen LogP contribution is -2.37. The van der Waals surface area contributed by atoms with Gasteiger partial charge in [0, 0.05) is 40.1 Å². The van der Waals surface area contributed by atoms with Crippen molar-refractivity contribution < 1.29 is 44.9 Å². The fourth-order valence-corrected chi connectivity index (χ4v) is 2.40. The molecule has 0 saturated carbocycles. The Hall–Kier alpha value is -1.89. The zero-order chi connectivity index (χ0) is 22.7. The van der Waals surface area contributed by atoms with Gasteiger partial charge in [-0.2, -0.15) is 0 Å². The van der Waals surface area contributed by atoms with Crippen molar-refractivity contribution in [3.8, 4) is 0 Å². The molecule has 11 heteroatoms. The summed E-state index contributed by atoms with van der Waals surface area (Å²) >= 11 is 0. The summed E-state index contributed by atoms with van der Waals surface area (Å²) in [4.78, 5) is 11.5.